The molecule has 0 radical (unpaired) electrons. The molecule has 0 amide bonds. The summed E-state index contributed by atoms with van der Waals surface area (Å²) in [5.41, 5.74) is 0.917. The molecule has 2 aromatic rings. The van der Waals surface area contributed by atoms with Gasteiger partial charge in [0.05, 0.1) is 10.2 Å². The minimum Gasteiger partial charge on any atom is -0.401 e. The molecule has 0 unspecified atom stereocenters. The third-order valence-corrected chi connectivity index (χ3v) is 14.6. The molecule has 0 aromatic heterocycles. The average molecular weight is 455 g/mol. The van der Waals surface area contributed by atoms with E-state index >= 15 is 0 Å². The molecule has 2 aliphatic rings. The van der Waals surface area contributed by atoms with Crippen LogP contribution in [0.25, 0.3) is 0 Å². The molecule has 30 heavy (non-hydrogen) atoms. The van der Waals surface area contributed by atoms with Crippen molar-refractivity contribution in [3.63, 3.8) is 0 Å². The standard InChI is InChI=1S/C25H30O2S2Si/c1-24(2,3)30(22-11-6-4-7-12-22,23-13-8-5-9-14-23)27-21-17-20(19-26)25(18-21)28-15-10-16-29-25/h4-9,11-14,17,19,21H,10,15-16,18H2,1-3H3/t21-/m1/s1. The lowest BCUT2D eigenvalue weighted by Gasteiger charge is -2.45. The quantitative estimate of drug-likeness (QED) is 0.468. The van der Waals surface area contributed by atoms with Crippen LogP contribution >= 0.6 is 23.5 Å². The largest absolute Gasteiger partial charge is 0.401 e. The van der Waals surface area contributed by atoms with Crippen molar-refractivity contribution in [1.82, 2.24) is 0 Å². The molecule has 2 nitrogen and oxygen atoms in total. The lowest BCUT2D eigenvalue weighted by atomic mass is 10.2. The zero-order chi connectivity index (χ0) is 21.2. The maximum atomic E-state index is 12.0. The number of carbonyl (C=O) groups is 1. The van der Waals surface area contributed by atoms with E-state index in [2.05, 4.69) is 87.5 Å². The zero-order valence-electron chi connectivity index (χ0n) is 18.0. The molecule has 1 aliphatic heterocycles. The summed E-state index contributed by atoms with van der Waals surface area (Å²) < 4.78 is 7.14. The molecule has 0 saturated carbocycles. The average Bonchev–Trinajstić information content (AvgIpc) is 3.09. The molecule has 1 fully saturated rings. The Hall–Kier alpha value is -1.27. The molecular formula is C25H30O2S2Si. The highest BCUT2D eigenvalue weighted by Gasteiger charge is 2.53. The van der Waals surface area contributed by atoms with Crippen molar-refractivity contribution in [2.45, 2.75) is 48.8 Å². The van der Waals surface area contributed by atoms with Crippen LogP contribution in [0.1, 0.15) is 33.6 Å². The van der Waals surface area contributed by atoms with Gasteiger partial charge in [0.15, 0.2) is 0 Å². The highest BCUT2D eigenvalue weighted by Crippen LogP contribution is 2.54. The van der Waals surface area contributed by atoms with Gasteiger partial charge in [-0.1, -0.05) is 81.4 Å². The van der Waals surface area contributed by atoms with E-state index in [0.29, 0.717) is 0 Å². The molecule has 4 rings (SSSR count). The van der Waals surface area contributed by atoms with E-state index in [-0.39, 0.29) is 15.2 Å². The first kappa shape index (κ1) is 21.9. The van der Waals surface area contributed by atoms with Crippen LogP contribution in [0.3, 0.4) is 0 Å². The van der Waals surface area contributed by atoms with E-state index in [4.69, 9.17) is 4.43 Å². The van der Waals surface area contributed by atoms with Crippen LogP contribution in [0.15, 0.2) is 72.3 Å². The lowest BCUT2D eigenvalue weighted by Crippen LogP contribution is -2.67. The number of benzene rings is 2. The van der Waals surface area contributed by atoms with Crippen molar-refractivity contribution in [3.8, 4) is 0 Å². The predicted octanol–water partition coefficient (Wildman–Crippen LogP) is 5.03. The van der Waals surface area contributed by atoms with Gasteiger partial charge in [-0.25, -0.2) is 0 Å². The summed E-state index contributed by atoms with van der Waals surface area (Å²) in [7, 11) is -2.62. The van der Waals surface area contributed by atoms with Crippen LogP contribution in [0, 0.1) is 0 Å². The van der Waals surface area contributed by atoms with Crippen molar-refractivity contribution in [2.75, 3.05) is 11.5 Å². The van der Waals surface area contributed by atoms with E-state index in [1.165, 1.54) is 16.8 Å². The first-order valence-electron chi connectivity index (χ1n) is 10.7. The molecule has 1 saturated heterocycles. The Morgan fingerprint density at radius 3 is 1.97 bits per heavy atom. The number of hydrogen-bond acceptors (Lipinski definition) is 4. The van der Waals surface area contributed by atoms with Gasteiger partial charge in [-0.15, -0.1) is 23.5 Å². The van der Waals surface area contributed by atoms with E-state index in [0.717, 1.165) is 29.8 Å². The van der Waals surface area contributed by atoms with Gasteiger partial charge in [0, 0.05) is 12.0 Å². The van der Waals surface area contributed by atoms with Crippen LogP contribution in [0.4, 0.5) is 0 Å². The summed E-state index contributed by atoms with van der Waals surface area (Å²) in [6.45, 7) is 6.91. The van der Waals surface area contributed by atoms with Gasteiger partial charge < -0.3 is 4.43 Å². The lowest BCUT2D eigenvalue weighted by molar-refractivity contribution is -0.105. The van der Waals surface area contributed by atoms with E-state index in [9.17, 15) is 4.79 Å². The van der Waals surface area contributed by atoms with Crippen molar-refractivity contribution in [3.05, 3.63) is 72.3 Å². The van der Waals surface area contributed by atoms with Gasteiger partial charge in [0.1, 0.15) is 6.29 Å². The number of rotatable bonds is 5. The van der Waals surface area contributed by atoms with Gasteiger partial charge in [0.2, 0.25) is 0 Å². The summed E-state index contributed by atoms with van der Waals surface area (Å²) in [5.74, 6) is 2.23. The Labute approximate surface area is 190 Å². The third kappa shape index (κ3) is 3.86. The first-order chi connectivity index (χ1) is 14.4. The molecule has 1 spiro atoms. The Kier molecular flexibility index (Phi) is 6.36. The van der Waals surface area contributed by atoms with Crippen molar-refractivity contribution >= 4 is 48.5 Å². The highest BCUT2D eigenvalue weighted by atomic mass is 32.2. The Balaban J connectivity index is 1.80. The minimum absolute atomic E-state index is 0.0467. The van der Waals surface area contributed by atoms with Crippen LogP contribution in [0.5, 0.6) is 0 Å². The molecule has 0 bridgehead atoms. The van der Waals surface area contributed by atoms with Gasteiger partial charge in [-0.2, -0.15) is 0 Å². The SMILES string of the molecule is CC(C)(C)[Si](O[C@@H]1C=C(C=O)C2(C1)SCCCS2)(c1ccccc1)c1ccccc1. The summed E-state index contributed by atoms with van der Waals surface area (Å²) in [6.07, 6.45) is 5.23. The van der Waals surface area contributed by atoms with Crippen molar-refractivity contribution in [2.24, 2.45) is 0 Å². The van der Waals surface area contributed by atoms with Crippen LogP contribution in [0.2, 0.25) is 5.04 Å². The van der Waals surface area contributed by atoms with Crippen molar-refractivity contribution < 1.29 is 9.22 Å². The molecule has 2 aromatic carbocycles. The molecule has 1 aliphatic carbocycles. The highest BCUT2D eigenvalue weighted by molar-refractivity contribution is 8.19. The fourth-order valence-electron chi connectivity index (χ4n) is 4.75. The summed E-state index contributed by atoms with van der Waals surface area (Å²) in [4.78, 5) is 12.0. The zero-order valence-corrected chi connectivity index (χ0v) is 20.6. The van der Waals surface area contributed by atoms with Crippen LogP contribution in [-0.4, -0.2) is 36.3 Å². The van der Waals surface area contributed by atoms with E-state index in [1.807, 2.05) is 23.5 Å². The Morgan fingerprint density at radius 1 is 0.967 bits per heavy atom. The number of hydrogen-bond donors (Lipinski definition) is 0. The Morgan fingerprint density at radius 2 is 1.50 bits per heavy atom. The Bertz CT molecular complexity index is 860. The first-order valence-corrected chi connectivity index (χ1v) is 14.5. The number of carbonyl (C=O) groups excluding carboxylic acids is 1. The topological polar surface area (TPSA) is 26.3 Å². The van der Waals surface area contributed by atoms with Crippen LogP contribution in [-0.2, 0) is 9.22 Å². The second-order valence-electron chi connectivity index (χ2n) is 9.07. The molecule has 1 heterocycles. The van der Waals surface area contributed by atoms with E-state index in [1.54, 1.807) is 0 Å². The molecular weight excluding hydrogens is 424 g/mol. The minimum atomic E-state index is -2.62. The maximum absolute atomic E-state index is 12.0. The summed E-state index contributed by atoms with van der Waals surface area (Å²) >= 11 is 3.87. The monoisotopic (exact) mass is 454 g/mol. The molecule has 158 valence electrons. The summed E-state index contributed by atoms with van der Waals surface area (Å²) in [6, 6.07) is 21.5. The third-order valence-electron chi connectivity index (χ3n) is 6.11. The van der Waals surface area contributed by atoms with Gasteiger partial charge in [0.25, 0.3) is 8.32 Å². The summed E-state index contributed by atoms with van der Waals surface area (Å²) in [5, 5.41) is 2.51. The van der Waals surface area contributed by atoms with E-state index < -0.39 is 8.32 Å². The normalized spacial score (nSPS) is 21.4. The fourth-order valence-corrected chi connectivity index (χ4v) is 12.8. The van der Waals surface area contributed by atoms with Crippen molar-refractivity contribution in [1.29, 1.82) is 0 Å². The van der Waals surface area contributed by atoms with Crippen LogP contribution < -0.4 is 10.4 Å². The second-order valence-corrected chi connectivity index (χ2v) is 16.4. The molecule has 1 atom stereocenters. The molecule has 5 heteroatoms. The number of aldehydes is 1. The maximum Gasteiger partial charge on any atom is 0.261 e. The second kappa shape index (κ2) is 8.70. The van der Waals surface area contributed by atoms with Gasteiger partial charge in [-0.05, 0) is 39.4 Å². The van der Waals surface area contributed by atoms with Gasteiger partial charge >= 0.3 is 0 Å². The number of thioether (sulfide) groups is 2. The molecule has 0 N–H and O–H groups in total. The smallest absolute Gasteiger partial charge is 0.261 e. The fraction of sp³-hybridized carbons (Fsp3) is 0.400. The van der Waals surface area contributed by atoms with Gasteiger partial charge in [-0.3, -0.25) is 4.79 Å². The predicted molar refractivity (Wildman–Crippen MR) is 134 cm³/mol.